The highest BCUT2D eigenvalue weighted by atomic mass is 16.2. The minimum absolute atomic E-state index is 0.0743. The fourth-order valence-electron chi connectivity index (χ4n) is 1.40. The molecule has 0 saturated carbocycles. The molecule has 1 amide bonds. The molecule has 0 unspecified atom stereocenters. The number of carbonyl (C=O) groups excluding carboxylic acids is 1. The van der Waals surface area contributed by atoms with Gasteiger partial charge in [-0.2, -0.15) is 5.10 Å². The number of amides is 1. The predicted molar refractivity (Wildman–Crippen MR) is 67.3 cm³/mol. The van der Waals surface area contributed by atoms with E-state index in [2.05, 4.69) is 20.7 Å². The summed E-state index contributed by atoms with van der Waals surface area (Å²) in [7, 11) is 0. The Morgan fingerprint density at radius 1 is 1.28 bits per heavy atom. The molecule has 0 aliphatic carbocycles. The summed E-state index contributed by atoms with van der Waals surface area (Å²) in [5.74, 6) is -0.294. The maximum Gasteiger partial charge on any atom is 0.264 e. The van der Waals surface area contributed by atoms with Crippen molar-refractivity contribution in [3.8, 4) is 0 Å². The van der Waals surface area contributed by atoms with Crippen LogP contribution in [-0.4, -0.2) is 22.3 Å². The van der Waals surface area contributed by atoms with E-state index in [1.165, 1.54) is 6.07 Å². The summed E-state index contributed by atoms with van der Waals surface area (Å²) in [4.78, 5) is 22.3. The van der Waals surface area contributed by atoms with Crippen molar-refractivity contribution >= 4 is 12.1 Å². The normalized spacial score (nSPS) is 10.7. The second-order valence-electron chi connectivity index (χ2n) is 3.66. The lowest BCUT2D eigenvalue weighted by Gasteiger charge is -1.97. The van der Waals surface area contributed by atoms with Crippen molar-refractivity contribution in [1.82, 2.24) is 15.6 Å². The maximum atomic E-state index is 11.5. The molecule has 6 nitrogen and oxygen atoms in total. The molecule has 3 N–H and O–H groups in total. The van der Waals surface area contributed by atoms with E-state index in [4.69, 9.17) is 0 Å². The molecule has 0 spiro atoms. The standard InChI is InChI=1S/C12H12N4O2/c17-11(6-10-7-12(18)16-14-10)15-13-8-9-4-2-1-3-5-9/h1-5,7-8H,6H2,(H,15,17)(H2,14,16,18). The van der Waals surface area contributed by atoms with Gasteiger partial charge in [0.05, 0.1) is 12.6 Å². The minimum Gasteiger partial charge on any atom is -0.302 e. The van der Waals surface area contributed by atoms with Gasteiger partial charge in [-0.05, 0) is 5.56 Å². The number of H-pyrrole nitrogens is 2. The number of hydrogen-bond acceptors (Lipinski definition) is 3. The van der Waals surface area contributed by atoms with Gasteiger partial charge in [0.1, 0.15) is 0 Å². The largest absolute Gasteiger partial charge is 0.302 e. The summed E-state index contributed by atoms with van der Waals surface area (Å²) >= 11 is 0. The summed E-state index contributed by atoms with van der Waals surface area (Å²) in [5.41, 5.74) is 3.54. The third kappa shape index (κ3) is 3.44. The second kappa shape index (κ2) is 5.62. The van der Waals surface area contributed by atoms with Crippen LogP contribution < -0.4 is 11.0 Å². The summed E-state index contributed by atoms with van der Waals surface area (Å²) in [6, 6.07) is 10.7. The van der Waals surface area contributed by atoms with Gasteiger partial charge < -0.3 is 5.10 Å². The van der Waals surface area contributed by atoms with E-state index in [0.29, 0.717) is 5.69 Å². The van der Waals surface area contributed by atoms with Gasteiger partial charge in [0.25, 0.3) is 5.56 Å². The van der Waals surface area contributed by atoms with Gasteiger partial charge >= 0.3 is 0 Å². The van der Waals surface area contributed by atoms with E-state index >= 15 is 0 Å². The lowest BCUT2D eigenvalue weighted by atomic mass is 10.2. The van der Waals surface area contributed by atoms with Crippen molar-refractivity contribution in [2.45, 2.75) is 6.42 Å². The fraction of sp³-hybridized carbons (Fsp3) is 0.0833. The van der Waals surface area contributed by atoms with E-state index < -0.39 is 0 Å². The number of aromatic nitrogens is 2. The van der Waals surface area contributed by atoms with E-state index in [1.54, 1.807) is 6.21 Å². The van der Waals surface area contributed by atoms with E-state index in [9.17, 15) is 9.59 Å². The van der Waals surface area contributed by atoms with E-state index in [-0.39, 0.29) is 17.9 Å². The van der Waals surface area contributed by atoms with Crippen LogP contribution in [0.15, 0.2) is 46.3 Å². The number of aromatic amines is 2. The highest BCUT2D eigenvalue weighted by molar-refractivity contribution is 5.82. The summed E-state index contributed by atoms with van der Waals surface area (Å²) < 4.78 is 0. The van der Waals surface area contributed by atoms with Crippen LogP contribution in [0.25, 0.3) is 0 Å². The minimum atomic E-state index is -0.294. The molecule has 0 saturated heterocycles. The smallest absolute Gasteiger partial charge is 0.264 e. The van der Waals surface area contributed by atoms with Crippen molar-refractivity contribution in [2.24, 2.45) is 5.10 Å². The van der Waals surface area contributed by atoms with Gasteiger partial charge in [0.2, 0.25) is 5.91 Å². The van der Waals surface area contributed by atoms with Crippen molar-refractivity contribution in [2.75, 3.05) is 0 Å². The van der Waals surface area contributed by atoms with Gasteiger partial charge in [-0.15, -0.1) is 0 Å². The Bertz CT molecular complexity index is 598. The van der Waals surface area contributed by atoms with Crippen LogP contribution >= 0.6 is 0 Å². The lowest BCUT2D eigenvalue weighted by Crippen LogP contribution is -2.20. The quantitative estimate of drug-likeness (QED) is 0.536. The van der Waals surface area contributed by atoms with Crippen LogP contribution in [0.2, 0.25) is 0 Å². The third-order valence-electron chi connectivity index (χ3n) is 2.21. The number of hydrogen-bond donors (Lipinski definition) is 3. The number of carbonyl (C=O) groups is 1. The Morgan fingerprint density at radius 3 is 2.72 bits per heavy atom. The van der Waals surface area contributed by atoms with Crippen LogP contribution in [0.3, 0.4) is 0 Å². The number of benzene rings is 1. The maximum absolute atomic E-state index is 11.5. The molecule has 92 valence electrons. The molecule has 6 heteroatoms. The van der Waals surface area contributed by atoms with Gasteiger partial charge in [-0.25, -0.2) is 5.43 Å². The number of rotatable bonds is 4. The van der Waals surface area contributed by atoms with Crippen molar-refractivity contribution < 1.29 is 4.79 Å². The number of nitrogens with one attached hydrogen (secondary N) is 3. The predicted octanol–water partition coefficient (Wildman–Crippen LogP) is 0.396. The average molecular weight is 244 g/mol. The molecule has 18 heavy (non-hydrogen) atoms. The Labute approximate surface area is 103 Å². The van der Waals surface area contributed by atoms with Crippen molar-refractivity contribution in [3.63, 3.8) is 0 Å². The summed E-state index contributed by atoms with van der Waals surface area (Å²) in [6.07, 6.45) is 1.63. The van der Waals surface area contributed by atoms with Crippen molar-refractivity contribution in [1.29, 1.82) is 0 Å². The van der Waals surface area contributed by atoms with Gasteiger partial charge in [0.15, 0.2) is 0 Å². The zero-order valence-electron chi connectivity index (χ0n) is 9.51. The molecule has 0 atom stereocenters. The van der Waals surface area contributed by atoms with E-state index in [0.717, 1.165) is 5.56 Å². The van der Waals surface area contributed by atoms with E-state index in [1.807, 2.05) is 30.3 Å². The first-order chi connectivity index (χ1) is 8.74. The zero-order chi connectivity index (χ0) is 12.8. The van der Waals surface area contributed by atoms with Gasteiger partial charge in [0, 0.05) is 11.8 Å². The first-order valence-corrected chi connectivity index (χ1v) is 5.37. The molecular weight excluding hydrogens is 232 g/mol. The average Bonchev–Trinajstić information content (AvgIpc) is 2.76. The first kappa shape index (κ1) is 11.8. The molecule has 1 aromatic heterocycles. The SMILES string of the molecule is O=C(Cc1cc(=O)[nH][nH]1)NN=Cc1ccccc1. The Morgan fingerprint density at radius 2 is 2.06 bits per heavy atom. The Balaban J connectivity index is 1.85. The highest BCUT2D eigenvalue weighted by Crippen LogP contribution is 1.93. The fourth-order valence-corrected chi connectivity index (χ4v) is 1.40. The molecule has 0 bridgehead atoms. The van der Waals surface area contributed by atoms with Crippen LogP contribution in [0.4, 0.5) is 0 Å². The molecule has 1 aromatic carbocycles. The summed E-state index contributed by atoms with van der Waals surface area (Å²) in [5, 5.41) is 8.77. The highest BCUT2D eigenvalue weighted by Gasteiger charge is 2.03. The molecule has 2 rings (SSSR count). The molecular formula is C12H12N4O2. The zero-order valence-corrected chi connectivity index (χ0v) is 9.51. The van der Waals surface area contributed by atoms with Gasteiger partial charge in [-0.3, -0.25) is 14.7 Å². The van der Waals surface area contributed by atoms with Crippen LogP contribution in [0.1, 0.15) is 11.3 Å². The Kier molecular flexibility index (Phi) is 3.70. The molecule has 0 aliphatic heterocycles. The molecule has 0 fully saturated rings. The van der Waals surface area contributed by atoms with Crippen LogP contribution in [0, 0.1) is 0 Å². The van der Waals surface area contributed by atoms with Crippen LogP contribution in [-0.2, 0) is 11.2 Å². The summed E-state index contributed by atoms with van der Waals surface area (Å²) in [6.45, 7) is 0. The number of nitrogens with zero attached hydrogens (tertiary/aromatic N) is 1. The Hall–Kier alpha value is -2.63. The topological polar surface area (TPSA) is 90.1 Å². The van der Waals surface area contributed by atoms with Crippen LogP contribution in [0.5, 0.6) is 0 Å². The number of hydrazone groups is 1. The lowest BCUT2D eigenvalue weighted by molar-refractivity contribution is -0.120. The van der Waals surface area contributed by atoms with Crippen molar-refractivity contribution in [3.05, 3.63) is 58.0 Å². The second-order valence-corrected chi connectivity index (χ2v) is 3.66. The molecule has 1 heterocycles. The first-order valence-electron chi connectivity index (χ1n) is 5.37. The molecule has 0 radical (unpaired) electrons. The molecule has 0 aliphatic rings. The van der Waals surface area contributed by atoms with Gasteiger partial charge in [-0.1, -0.05) is 30.3 Å². The molecule has 2 aromatic rings. The third-order valence-corrected chi connectivity index (χ3v) is 2.21. The monoisotopic (exact) mass is 244 g/mol.